The van der Waals surface area contributed by atoms with Crippen LogP contribution in [-0.4, -0.2) is 37.0 Å². The van der Waals surface area contributed by atoms with Crippen LogP contribution in [0.25, 0.3) is 11.1 Å². The van der Waals surface area contributed by atoms with E-state index in [1.807, 2.05) is 48.5 Å². The number of alkyl carbamates (subject to hydrolysis) is 1. The van der Waals surface area contributed by atoms with Crippen LogP contribution in [0, 0.1) is 0 Å². The van der Waals surface area contributed by atoms with E-state index >= 15 is 0 Å². The first-order chi connectivity index (χ1) is 17.8. The second-order valence-corrected chi connectivity index (χ2v) is 10.6. The summed E-state index contributed by atoms with van der Waals surface area (Å²) < 4.78 is 28.9. The van der Waals surface area contributed by atoms with Crippen molar-refractivity contribution in [3.63, 3.8) is 0 Å². The third kappa shape index (κ3) is 6.10. The highest BCUT2D eigenvalue weighted by Gasteiger charge is 2.30. The van der Waals surface area contributed by atoms with Gasteiger partial charge in [0, 0.05) is 5.92 Å². The van der Waals surface area contributed by atoms with E-state index < -0.39 is 25.7 Å². The minimum atomic E-state index is -3.29. The van der Waals surface area contributed by atoms with E-state index in [1.54, 1.807) is 38.1 Å². The maximum absolute atomic E-state index is 12.8. The molecule has 0 aromatic heterocycles. The van der Waals surface area contributed by atoms with Gasteiger partial charge in [-0.05, 0) is 47.2 Å². The summed E-state index contributed by atoms with van der Waals surface area (Å²) in [6.07, 6.45) is -0.762. The molecule has 1 atom stereocenters. The number of benzene rings is 3. The molecule has 1 aliphatic carbocycles. The van der Waals surface area contributed by atoms with E-state index in [1.165, 1.54) is 0 Å². The van der Waals surface area contributed by atoms with Gasteiger partial charge >= 0.3 is 19.7 Å². The molecule has 8 nitrogen and oxygen atoms in total. The van der Waals surface area contributed by atoms with Gasteiger partial charge in [-0.3, -0.25) is 4.57 Å². The lowest BCUT2D eigenvalue weighted by molar-refractivity contribution is -0.139. The number of rotatable bonds is 11. The number of hydrogen-bond donors (Lipinski definition) is 2. The number of nitrogens with one attached hydrogen (secondary N) is 1. The molecule has 0 saturated heterocycles. The third-order valence-corrected chi connectivity index (χ3v) is 8.25. The molecule has 194 valence electrons. The zero-order chi connectivity index (χ0) is 26.4. The van der Waals surface area contributed by atoms with Gasteiger partial charge in [0.1, 0.15) is 6.61 Å². The van der Waals surface area contributed by atoms with Crippen molar-refractivity contribution in [3.05, 3.63) is 95.1 Å². The number of carboxylic acid groups (broad SMARTS) is 1. The highest BCUT2D eigenvalue weighted by Crippen LogP contribution is 2.51. The molecular weight excluding hydrogens is 493 g/mol. The van der Waals surface area contributed by atoms with Gasteiger partial charge in [-0.1, -0.05) is 72.8 Å². The second kappa shape index (κ2) is 11.7. The lowest BCUT2D eigenvalue weighted by Gasteiger charge is -2.19. The quantitative estimate of drug-likeness (QED) is 0.291. The number of aliphatic carboxylic acids is 1. The summed E-state index contributed by atoms with van der Waals surface area (Å²) in [6, 6.07) is 21.1. The third-order valence-electron chi connectivity index (χ3n) is 6.19. The van der Waals surface area contributed by atoms with Crippen molar-refractivity contribution in [3.8, 4) is 11.1 Å². The minimum Gasteiger partial charge on any atom is -0.479 e. The molecule has 0 saturated carbocycles. The number of fused-ring (bicyclic) bond motifs is 3. The first-order valence-electron chi connectivity index (χ1n) is 12.2. The van der Waals surface area contributed by atoms with Gasteiger partial charge in [-0.15, -0.1) is 0 Å². The van der Waals surface area contributed by atoms with Crippen molar-refractivity contribution in [1.29, 1.82) is 0 Å². The molecule has 0 fully saturated rings. The van der Waals surface area contributed by atoms with Crippen LogP contribution in [0.2, 0.25) is 0 Å². The Morgan fingerprint density at radius 2 is 1.43 bits per heavy atom. The molecule has 3 aromatic carbocycles. The normalized spacial score (nSPS) is 13.5. The number of carbonyl (C=O) groups is 2. The predicted molar refractivity (Wildman–Crippen MR) is 140 cm³/mol. The number of carboxylic acids is 1. The predicted octanol–water partition coefficient (Wildman–Crippen LogP) is 6.12. The van der Waals surface area contributed by atoms with Crippen molar-refractivity contribution in [2.75, 3.05) is 19.8 Å². The number of amides is 1. The van der Waals surface area contributed by atoms with Crippen LogP contribution in [-0.2, 0) is 29.3 Å². The van der Waals surface area contributed by atoms with E-state index in [4.69, 9.17) is 13.8 Å². The summed E-state index contributed by atoms with van der Waals surface area (Å²) in [5, 5.41) is 12.2. The summed E-state index contributed by atoms with van der Waals surface area (Å²) >= 11 is 0. The standard InChI is InChI=1S/C28H30NO7P/c1-3-35-37(33,36-4-2)18-19-13-15-20(16-14-19)26(27(30)31)29-28(32)34-17-25-23-11-7-5-9-21(23)22-10-6-8-12-24(22)25/h5-16,25-26H,3-4,17-18H2,1-2H3,(H,29,32)(H,30,31). The molecule has 9 heteroatoms. The number of hydrogen-bond acceptors (Lipinski definition) is 6. The zero-order valence-electron chi connectivity index (χ0n) is 20.8. The van der Waals surface area contributed by atoms with Crippen LogP contribution < -0.4 is 5.32 Å². The van der Waals surface area contributed by atoms with Gasteiger partial charge in [0.05, 0.1) is 19.4 Å². The lowest BCUT2D eigenvalue weighted by Crippen LogP contribution is -2.34. The fourth-order valence-corrected chi connectivity index (χ4v) is 6.31. The molecule has 3 aromatic rings. The van der Waals surface area contributed by atoms with Gasteiger partial charge < -0.3 is 24.2 Å². The zero-order valence-corrected chi connectivity index (χ0v) is 21.6. The Morgan fingerprint density at radius 1 is 0.892 bits per heavy atom. The molecule has 0 spiro atoms. The summed E-state index contributed by atoms with van der Waals surface area (Å²) in [6.45, 7) is 4.05. The van der Waals surface area contributed by atoms with E-state index in [2.05, 4.69) is 5.32 Å². The summed E-state index contributed by atoms with van der Waals surface area (Å²) in [5.74, 6) is -1.36. The van der Waals surface area contributed by atoms with Gasteiger partial charge in [-0.2, -0.15) is 0 Å². The molecular formula is C28H30NO7P. The fourth-order valence-electron chi connectivity index (χ4n) is 4.61. The first kappa shape index (κ1) is 26.6. The molecule has 0 aliphatic heterocycles. The smallest absolute Gasteiger partial charge is 0.408 e. The summed E-state index contributed by atoms with van der Waals surface area (Å²) in [5.41, 5.74) is 5.37. The molecule has 2 N–H and O–H groups in total. The Balaban J connectivity index is 1.42. The highest BCUT2D eigenvalue weighted by molar-refractivity contribution is 7.53. The molecule has 0 bridgehead atoms. The van der Waals surface area contributed by atoms with E-state index in [0.29, 0.717) is 11.1 Å². The van der Waals surface area contributed by atoms with Crippen LogP contribution in [0.1, 0.15) is 48.1 Å². The van der Waals surface area contributed by atoms with Gasteiger partial charge in [0.2, 0.25) is 0 Å². The van der Waals surface area contributed by atoms with Crippen LogP contribution in [0.4, 0.5) is 4.79 Å². The Kier molecular flexibility index (Phi) is 8.44. The van der Waals surface area contributed by atoms with Crippen LogP contribution >= 0.6 is 7.60 Å². The van der Waals surface area contributed by atoms with Crippen LogP contribution in [0.5, 0.6) is 0 Å². The molecule has 1 amide bonds. The molecule has 37 heavy (non-hydrogen) atoms. The molecule has 0 radical (unpaired) electrons. The van der Waals surface area contributed by atoms with Gasteiger partial charge in [-0.25, -0.2) is 9.59 Å². The topological polar surface area (TPSA) is 111 Å². The van der Waals surface area contributed by atoms with Crippen molar-refractivity contribution in [1.82, 2.24) is 5.32 Å². The number of ether oxygens (including phenoxy) is 1. The van der Waals surface area contributed by atoms with Gasteiger partial charge in [0.25, 0.3) is 0 Å². The Bertz CT molecular complexity index is 1250. The average Bonchev–Trinajstić information content (AvgIpc) is 3.20. The Labute approximate surface area is 216 Å². The first-order valence-corrected chi connectivity index (χ1v) is 13.9. The van der Waals surface area contributed by atoms with Gasteiger partial charge in [0.15, 0.2) is 6.04 Å². The average molecular weight is 524 g/mol. The Morgan fingerprint density at radius 3 is 1.95 bits per heavy atom. The van der Waals surface area contributed by atoms with Crippen molar-refractivity contribution < 1.29 is 33.0 Å². The van der Waals surface area contributed by atoms with E-state index in [9.17, 15) is 19.3 Å². The monoisotopic (exact) mass is 523 g/mol. The summed E-state index contributed by atoms with van der Waals surface area (Å²) in [7, 11) is -3.29. The molecule has 1 aliphatic rings. The van der Waals surface area contributed by atoms with Crippen molar-refractivity contribution >= 4 is 19.7 Å². The van der Waals surface area contributed by atoms with E-state index in [-0.39, 0.29) is 31.9 Å². The highest BCUT2D eigenvalue weighted by atomic mass is 31.2. The van der Waals surface area contributed by atoms with Crippen molar-refractivity contribution in [2.24, 2.45) is 0 Å². The Hall–Kier alpha value is -3.45. The maximum atomic E-state index is 12.8. The molecule has 4 rings (SSSR count). The maximum Gasteiger partial charge on any atom is 0.408 e. The second-order valence-electron chi connectivity index (χ2n) is 8.59. The molecule has 1 unspecified atom stereocenters. The van der Waals surface area contributed by atoms with Crippen LogP contribution in [0.15, 0.2) is 72.8 Å². The van der Waals surface area contributed by atoms with E-state index in [0.717, 1.165) is 22.3 Å². The lowest BCUT2D eigenvalue weighted by atomic mass is 9.98. The minimum absolute atomic E-state index is 0.0620. The largest absolute Gasteiger partial charge is 0.479 e. The van der Waals surface area contributed by atoms with Crippen molar-refractivity contribution in [2.45, 2.75) is 32.0 Å². The number of carbonyl (C=O) groups excluding carboxylic acids is 1. The van der Waals surface area contributed by atoms with Crippen LogP contribution in [0.3, 0.4) is 0 Å². The summed E-state index contributed by atoms with van der Waals surface area (Å²) in [4.78, 5) is 24.6. The molecule has 0 heterocycles. The SMILES string of the molecule is CCOP(=O)(Cc1ccc(C(NC(=O)OCC2c3ccccc3-c3ccccc32)C(=O)O)cc1)OCC. The fraction of sp³-hybridized carbons (Fsp3) is 0.286.